The molecular formula is C16H19N3O3. The normalized spacial score (nSPS) is 19.6. The fourth-order valence-corrected chi connectivity index (χ4v) is 3.20. The minimum Gasteiger partial charge on any atom is -0.325 e. The van der Waals surface area contributed by atoms with Crippen LogP contribution in [0.4, 0.5) is 10.5 Å². The van der Waals surface area contributed by atoms with Crippen molar-refractivity contribution in [1.82, 2.24) is 10.2 Å². The summed E-state index contributed by atoms with van der Waals surface area (Å²) < 4.78 is 0. The van der Waals surface area contributed by atoms with Crippen molar-refractivity contribution in [2.24, 2.45) is 0 Å². The molecule has 6 heteroatoms. The van der Waals surface area contributed by atoms with Crippen LogP contribution in [0.1, 0.15) is 31.2 Å². The van der Waals surface area contributed by atoms with E-state index in [1.54, 1.807) is 6.07 Å². The standard InChI is InChI=1S/C16H19N3O3/c1-11-5-4-6-12(9-11)17-13(20)10-19-14(21)16(18-15(19)22)7-2-3-8-16/h4-6,9H,2-3,7-8,10H2,1H3,(H,17,20)(H,18,22). The Hall–Kier alpha value is -2.37. The van der Waals surface area contributed by atoms with Gasteiger partial charge in [-0.05, 0) is 37.5 Å². The van der Waals surface area contributed by atoms with E-state index in [9.17, 15) is 14.4 Å². The van der Waals surface area contributed by atoms with Crippen molar-refractivity contribution in [3.63, 3.8) is 0 Å². The van der Waals surface area contributed by atoms with Crippen LogP contribution in [-0.2, 0) is 9.59 Å². The van der Waals surface area contributed by atoms with Crippen molar-refractivity contribution in [1.29, 1.82) is 0 Å². The van der Waals surface area contributed by atoms with Gasteiger partial charge in [-0.25, -0.2) is 4.79 Å². The van der Waals surface area contributed by atoms with Crippen LogP contribution in [-0.4, -0.2) is 34.8 Å². The quantitative estimate of drug-likeness (QED) is 0.836. The van der Waals surface area contributed by atoms with Crippen LogP contribution in [0.25, 0.3) is 0 Å². The highest BCUT2D eigenvalue weighted by atomic mass is 16.2. The summed E-state index contributed by atoms with van der Waals surface area (Å²) in [5, 5.41) is 5.48. The molecule has 22 heavy (non-hydrogen) atoms. The van der Waals surface area contributed by atoms with Crippen LogP contribution in [0.2, 0.25) is 0 Å². The fraction of sp³-hybridized carbons (Fsp3) is 0.438. The van der Waals surface area contributed by atoms with Crippen LogP contribution in [0.3, 0.4) is 0 Å². The molecule has 3 rings (SSSR count). The van der Waals surface area contributed by atoms with Gasteiger partial charge >= 0.3 is 6.03 Å². The van der Waals surface area contributed by atoms with Crippen molar-refractivity contribution < 1.29 is 14.4 Å². The van der Waals surface area contributed by atoms with E-state index in [0.717, 1.165) is 23.3 Å². The van der Waals surface area contributed by atoms with Gasteiger partial charge in [0.05, 0.1) is 0 Å². The molecule has 1 aromatic carbocycles. The van der Waals surface area contributed by atoms with E-state index in [2.05, 4.69) is 10.6 Å². The number of nitrogens with one attached hydrogen (secondary N) is 2. The highest BCUT2D eigenvalue weighted by Gasteiger charge is 2.52. The molecule has 2 fully saturated rings. The number of benzene rings is 1. The van der Waals surface area contributed by atoms with Gasteiger partial charge in [-0.2, -0.15) is 0 Å². The summed E-state index contributed by atoms with van der Waals surface area (Å²) >= 11 is 0. The minimum atomic E-state index is -0.763. The average Bonchev–Trinajstić information content (AvgIpc) is 3.01. The van der Waals surface area contributed by atoms with Gasteiger partial charge in [0.15, 0.2) is 0 Å². The summed E-state index contributed by atoms with van der Waals surface area (Å²) in [5.74, 6) is -0.640. The lowest BCUT2D eigenvalue weighted by Crippen LogP contribution is -2.44. The Morgan fingerprint density at radius 2 is 2.05 bits per heavy atom. The number of amides is 4. The number of aryl methyl sites for hydroxylation is 1. The van der Waals surface area contributed by atoms with Crippen molar-refractivity contribution in [2.45, 2.75) is 38.1 Å². The maximum Gasteiger partial charge on any atom is 0.325 e. The molecular weight excluding hydrogens is 282 g/mol. The Labute approximate surface area is 128 Å². The van der Waals surface area contributed by atoms with Crippen molar-refractivity contribution in [3.8, 4) is 0 Å². The van der Waals surface area contributed by atoms with Crippen molar-refractivity contribution >= 4 is 23.5 Å². The molecule has 0 atom stereocenters. The first-order valence-corrected chi connectivity index (χ1v) is 7.51. The molecule has 1 heterocycles. The molecule has 1 spiro atoms. The molecule has 0 bridgehead atoms. The molecule has 1 saturated heterocycles. The zero-order chi connectivity index (χ0) is 15.7. The molecule has 1 aliphatic carbocycles. The Morgan fingerprint density at radius 1 is 1.32 bits per heavy atom. The topological polar surface area (TPSA) is 78.5 Å². The summed E-state index contributed by atoms with van der Waals surface area (Å²) in [5.41, 5.74) is 0.922. The number of urea groups is 1. The first-order valence-electron chi connectivity index (χ1n) is 7.51. The van der Waals surface area contributed by atoms with Crippen LogP contribution >= 0.6 is 0 Å². The molecule has 2 N–H and O–H groups in total. The first kappa shape index (κ1) is 14.6. The molecule has 116 valence electrons. The van der Waals surface area contributed by atoms with E-state index >= 15 is 0 Å². The Morgan fingerprint density at radius 3 is 2.73 bits per heavy atom. The van der Waals surface area contributed by atoms with Crippen molar-refractivity contribution in [2.75, 3.05) is 11.9 Å². The van der Waals surface area contributed by atoms with Crippen molar-refractivity contribution in [3.05, 3.63) is 29.8 Å². The average molecular weight is 301 g/mol. The highest BCUT2D eigenvalue weighted by Crippen LogP contribution is 2.34. The Kier molecular flexibility index (Phi) is 3.60. The van der Waals surface area contributed by atoms with Gasteiger partial charge < -0.3 is 10.6 Å². The monoisotopic (exact) mass is 301 g/mol. The third kappa shape index (κ3) is 2.56. The lowest BCUT2D eigenvalue weighted by atomic mass is 9.98. The lowest BCUT2D eigenvalue weighted by Gasteiger charge is -2.19. The van der Waals surface area contributed by atoms with Gasteiger partial charge in [-0.15, -0.1) is 0 Å². The third-order valence-electron chi connectivity index (χ3n) is 4.31. The molecule has 0 unspecified atom stereocenters. The van der Waals surface area contributed by atoms with E-state index in [-0.39, 0.29) is 18.4 Å². The number of hydrogen-bond donors (Lipinski definition) is 2. The molecule has 0 aromatic heterocycles. The smallest absolute Gasteiger partial charge is 0.325 e. The third-order valence-corrected chi connectivity index (χ3v) is 4.31. The number of carbonyl (C=O) groups is 3. The molecule has 1 aliphatic heterocycles. The summed E-state index contributed by atoms with van der Waals surface area (Å²) in [6.45, 7) is 1.68. The SMILES string of the molecule is Cc1cccc(NC(=O)CN2C(=O)NC3(CCCC3)C2=O)c1. The van der Waals surface area contributed by atoms with E-state index in [0.29, 0.717) is 18.5 Å². The predicted octanol–water partition coefficient (Wildman–Crippen LogP) is 1.80. The van der Waals surface area contributed by atoms with Gasteiger partial charge in [0.1, 0.15) is 12.1 Å². The Bertz CT molecular complexity index is 635. The minimum absolute atomic E-state index is 0.250. The van der Waals surface area contributed by atoms with Gasteiger partial charge in [-0.3, -0.25) is 14.5 Å². The number of rotatable bonds is 3. The van der Waals surface area contributed by atoms with E-state index < -0.39 is 11.6 Å². The predicted molar refractivity (Wildman–Crippen MR) is 81.3 cm³/mol. The fourth-order valence-electron chi connectivity index (χ4n) is 3.20. The summed E-state index contributed by atoms with van der Waals surface area (Å²) in [4.78, 5) is 37.6. The van der Waals surface area contributed by atoms with Crippen LogP contribution in [0.15, 0.2) is 24.3 Å². The second-order valence-corrected chi connectivity index (χ2v) is 6.03. The molecule has 1 aromatic rings. The molecule has 6 nitrogen and oxygen atoms in total. The molecule has 0 radical (unpaired) electrons. The number of hydrogen-bond acceptors (Lipinski definition) is 3. The molecule has 2 aliphatic rings. The largest absolute Gasteiger partial charge is 0.325 e. The maximum atomic E-state index is 12.4. The van der Waals surface area contributed by atoms with E-state index in [1.165, 1.54) is 0 Å². The Balaban J connectivity index is 1.66. The number of nitrogens with zero attached hydrogens (tertiary/aromatic N) is 1. The molecule has 4 amide bonds. The summed E-state index contributed by atoms with van der Waals surface area (Å²) in [6, 6.07) is 6.91. The number of imide groups is 1. The lowest BCUT2D eigenvalue weighted by molar-refractivity contribution is -0.133. The zero-order valence-electron chi connectivity index (χ0n) is 12.5. The van der Waals surface area contributed by atoms with Gasteiger partial charge in [0.2, 0.25) is 5.91 Å². The van der Waals surface area contributed by atoms with E-state index in [1.807, 2.05) is 25.1 Å². The molecule has 1 saturated carbocycles. The number of carbonyl (C=O) groups excluding carboxylic acids is 3. The summed E-state index contributed by atoms with van der Waals surface area (Å²) in [7, 11) is 0. The van der Waals surface area contributed by atoms with Crippen LogP contribution in [0.5, 0.6) is 0 Å². The highest BCUT2D eigenvalue weighted by molar-refractivity contribution is 6.10. The first-order chi connectivity index (χ1) is 10.5. The maximum absolute atomic E-state index is 12.4. The van der Waals surface area contributed by atoms with Gasteiger partial charge in [-0.1, -0.05) is 25.0 Å². The second kappa shape index (κ2) is 5.44. The number of anilines is 1. The van der Waals surface area contributed by atoms with Gasteiger partial charge in [0, 0.05) is 5.69 Å². The van der Waals surface area contributed by atoms with E-state index in [4.69, 9.17) is 0 Å². The van der Waals surface area contributed by atoms with Crippen LogP contribution < -0.4 is 10.6 Å². The van der Waals surface area contributed by atoms with Crippen LogP contribution in [0, 0.1) is 6.92 Å². The van der Waals surface area contributed by atoms with Gasteiger partial charge in [0.25, 0.3) is 5.91 Å². The zero-order valence-corrected chi connectivity index (χ0v) is 12.5. The second-order valence-electron chi connectivity index (χ2n) is 6.03. The summed E-state index contributed by atoms with van der Waals surface area (Å²) in [6.07, 6.45) is 3.17.